The van der Waals surface area contributed by atoms with E-state index in [0.29, 0.717) is 18.4 Å². The van der Waals surface area contributed by atoms with Crippen molar-refractivity contribution in [3.8, 4) is 5.95 Å². The Kier molecular flexibility index (Phi) is 3.20. The Bertz CT molecular complexity index is 664. The van der Waals surface area contributed by atoms with Crippen molar-refractivity contribution < 1.29 is 4.52 Å². The largest absolute Gasteiger partial charge is 0.364 e. The molecule has 0 radical (unpaired) electrons. The Morgan fingerprint density at radius 2 is 2.15 bits per heavy atom. The summed E-state index contributed by atoms with van der Waals surface area (Å²) in [5.41, 5.74) is 3.13. The van der Waals surface area contributed by atoms with E-state index in [4.69, 9.17) is 10.4 Å². The Labute approximate surface area is 113 Å². The van der Waals surface area contributed by atoms with Gasteiger partial charge in [0.1, 0.15) is 18.3 Å². The number of nitrogen functional groups attached to an aromatic ring is 1. The van der Waals surface area contributed by atoms with Crippen molar-refractivity contribution >= 4 is 11.9 Å². The zero-order chi connectivity index (χ0) is 13.8. The van der Waals surface area contributed by atoms with E-state index < -0.39 is 0 Å². The first kappa shape index (κ1) is 12.0. The molecule has 0 bridgehead atoms. The number of hydrazine groups is 1. The first-order chi connectivity index (χ1) is 9.85. The molecule has 3 heterocycles. The fraction of sp³-hybridized carbons (Fsp3) is 0.100. The lowest BCUT2D eigenvalue weighted by Crippen LogP contribution is -2.15. The number of nitrogens with two attached hydrogens (primary N) is 1. The maximum Gasteiger partial charge on any atom is 0.243 e. The van der Waals surface area contributed by atoms with Gasteiger partial charge in [-0.05, 0) is 0 Å². The standard InChI is InChI=1S/C10H11N9O/c11-17-9-14-8(13-5-7-1-4-20-18-7)15-10(16-9)19-3-2-12-6-19/h1-4,6H,5,11H2,(H2,13,14,15,16,17). The summed E-state index contributed by atoms with van der Waals surface area (Å²) in [6, 6.07) is 1.74. The molecule has 10 heteroatoms. The third-order valence-corrected chi connectivity index (χ3v) is 2.41. The van der Waals surface area contributed by atoms with E-state index in [2.05, 4.69) is 35.8 Å². The van der Waals surface area contributed by atoms with Crippen molar-refractivity contribution in [2.45, 2.75) is 6.54 Å². The average Bonchev–Trinajstić information content (AvgIpc) is 3.17. The number of hydrogen-bond donors (Lipinski definition) is 3. The molecule has 4 N–H and O–H groups in total. The molecule has 20 heavy (non-hydrogen) atoms. The number of nitrogens with one attached hydrogen (secondary N) is 2. The van der Waals surface area contributed by atoms with Crippen LogP contribution in [0.4, 0.5) is 11.9 Å². The van der Waals surface area contributed by atoms with Crippen LogP contribution < -0.4 is 16.6 Å². The first-order valence-electron chi connectivity index (χ1n) is 5.69. The smallest absolute Gasteiger partial charge is 0.243 e. The van der Waals surface area contributed by atoms with E-state index in [9.17, 15) is 0 Å². The van der Waals surface area contributed by atoms with Gasteiger partial charge in [-0.15, -0.1) is 0 Å². The lowest BCUT2D eigenvalue weighted by atomic mass is 10.4. The summed E-state index contributed by atoms with van der Waals surface area (Å²) in [4.78, 5) is 16.4. The summed E-state index contributed by atoms with van der Waals surface area (Å²) in [6.07, 6.45) is 6.42. The van der Waals surface area contributed by atoms with Crippen molar-refractivity contribution in [1.29, 1.82) is 0 Å². The molecule has 3 aromatic rings. The zero-order valence-electron chi connectivity index (χ0n) is 10.3. The minimum atomic E-state index is 0.242. The molecule has 0 aromatic carbocycles. The molecule has 0 aliphatic rings. The Balaban J connectivity index is 1.84. The average molecular weight is 273 g/mol. The van der Waals surface area contributed by atoms with Crippen LogP contribution in [0.15, 0.2) is 35.6 Å². The molecule has 0 spiro atoms. The van der Waals surface area contributed by atoms with Gasteiger partial charge in [-0.3, -0.25) is 9.99 Å². The quantitative estimate of drug-likeness (QED) is 0.432. The highest BCUT2D eigenvalue weighted by Crippen LogP contribution is 2.09. The number of rotatable bonds is 5. The molecule has 0 saturated carbocycles. The highest BCUT2D eigenvalue weighted by Gasteiger charge is 2.07. The molecular formula is C10H11N9O. The van der Waals surface area contributed by atoms with Crippen molar-refractivity contribution in [1.82, 2.24) is 29.7 Å². The molecule has 0 aliphatic carbocycles. The first-order valence-corrected chi connectivity index (χ1v) is 5.69. The van der Waals surface area contributed by atoms with Crippen LogP contribution in [-0.2, 0) is 6.54 Å². The van der Waals surface area contributed by atoms with Crippen molar-refractivity contribution in [2.75, 3.05) is 10.7 Å². The Hall–Kier alpha value is -3.01. The fourth-order valence-electron chi connectivity index (χ4n) is 1.50. The highest BCUT2D eigenvalue weighted by atomic mass is 16.5. The van der Waals surface area contributed by atoms with Gasteiger partial charge in [0.15, 0.2) is 0 Å². The van der Waals surface area contributed by atoms with E-state index in [0.717, 1.165) is 5.69 Å². The summed E-state index contributed by atoms with van der Waals surface area (Å²) in [7, 11) is 0. The maximum absolute atomic E-state index is 5.35. The van der Waals surface area contributed by atoms with Gasteiger partial charge in [-0.1, -0.05) is 5.16 Å². The van der Waals surface area contributed by atoms with Crippen molar-refractivity contribution in [3.05, 3.63) is 36.7 Å². The second kappa shape index (κ2) is 5.32. The van der Waals surface area contributed by atoms with Gasteiger partial charge in [0.05, 0.1) is 6.54 Å². The van der Waals surface area contributed by atoms with Crippen LogP contribution >= 0.6 is 0 Å². The molecule has 102 valence electrons. The number of aromatic nitrogens is 6. The summed E-state index contributed by atoms with van der Waals surface area (Å²) >= 11 is 0. The monoisotopic (exact) mass is 273 g/mol. The van der Waals surface area contributed by atoms with Gasteiger partial charge in [0, 0.05) is 18.5 Å². The van der Waals surface area contributed by atoms with Crippen molar-refractivity contribution in [3.63, 3.8) is 0 Å². The van der Waals surface area contributed by atoms with Crippen LogP contribution in [0, 0.1) is 0 Å². The SMILES string of the molecule is NNc1nc(NCc2ccon2)nc(-n2ccnc2)n1. The minimum absolute atomic E-state index is 0.242. The number of nitrogens with zero attached hydrogens (tertiary/aromatic N) is 6. The second-order valence-corrected chi connectivity index (χ2v) is 3.74. The molecular weight excluding hydrogens is 262 g/mol. The van der Waals surface area contributed by atoms with Gasteiger partial charge in [0.25, 0.3) is 0 Å². The number of anilines is 2. The molecule has 0 aliphatic heterocycles. The molecule has 0 unspecified atom stereocenters. The summed E-state index contributed by atoms with van der Waals surface area (Å²) in [6.45, 7) is 0.424. The summed E-state index contributed by atoms with van der Waals surface area (Å²) < 4.78 is 6.39. The van der Waals surface area contributed by atoms with Gasteiger partial charge in [0.2, 0.25) is 17.8 Å². The van der Waals surface area contributed by atoms with E-state index in [1.807, 2.05) is 0 Å². The third-order valence-electron chi connectivity index (χ3n) is 2.41. The molecule has 3 aromatic heterocycles. The van der Waals surface area contributed by atoms with Crippen LogP contribution in [0.25, 0.3) is 5.95 Å². The van der Waals surface area contributed by atoms with Gasteiger partial charge < -0.3 is 9.84 Å². The van der Waals surface area contributed by atoms with Crippen LogP contribution in [0.5, 0.6) is 0 Å². The number of imidazole rings is 1. The van der Waals surface area contributed by atoms with Crippen LogP contribution in [0.2, 0.25) is 0 Å². The van der Waals surface area contributed by atoms with Gasteiger partial charge >= 0.3 is 0 Å². The Morgan fingerprint density at radius 3 is 2.85 bits per heavy atom. The van der Waals surface area contributed by atoms with Gasteiger partial charge in [-0.2, -0.15) is 15.0 Å². The van der Waals surface area contributed by atoms with Crippen LogP contribution in [0.3, 0.4) is 0 Å². The maximum atomic E-state index is 5.35. The van der Waals surface area contributed by atoms with E-state index in [1.165, 1.54) is 6.26 Å². The van der Waals surface area contributed by atoms with Crippen LogP contribution in [-0.4, -0.2) is 29.7 Å². The normalized spacial score (nSPS) is 10.4. The lowest BCUT2D eigenvalue weighted by molar-refractivity contribution is 0.412. The molecule has 3 rings (SSSR count). The number of hydrogen-bond acceptors (Lipinski definition) is 9. The predicted octanol–water partition coefficient (Wildman–Crippen LogP) is -0.0570. The van der Waals surface area contributed by atoms with Crippen molar-refractivity contribution in [2.24, 2.45) is 5.84 Å². The summed E-state index contributed by atoms with van der Waals surface area (Å²) in [5.74, 6) is 6.35. The van der Waals surface area contributed by atoms with Gasteiger partial charge in [-0.25, -0.2) is 10.8 Å². The molecule has 0 amide bonds. The second-order valence-electron chi connectivity index (χ2n) is 3.74. The minimum Gasteiger partial charge on any atom is -0.364 e. The Morgan fingerprint density at radius 1 is 1.25 bits per heavy atom. The van der Waals surface area contributed by atoms with E-state index >= 15 is 0 Å². The lowest BCUT2D eigenvalue weighted by Gasteiger charge is -2.07. The summed E-state index contributed by atoms with van der Waals surface area (Å²) in [5, 5.41) is 6.79. The molecule has 0 fully saturated rings. The highest BCUT2D eigenvalue weighted by molar-refractivity contribution is 5.37. The topological polar surface area (TPSA) is 133 Å². The molecule has 0 saturated heterocycles. The third kappa shape index (κ3) is 2.54. The molecule has 0 atom stereocenters. The fourth-order valence-corrected chi connectivity index (χ4v) is 1.50. The predicted molar refractivity (Wildman–Crippen MR) is 68.6 cm³/mol. The zero-order valence-corrected chi connectivity index (χ0v) is 10.3. The molecule has 10 nitrogen and oxygen atoms in total. The van der Waals surface area contributed by atoms with Crippen LogP contribution in [0.1, 0.15) is 5.69 Å². The van der Waals surface area contributed by atoms with E-state index in [1.54, 1.807) is 29.4 Å². The van der Waals surface area contributed by atoms with E-state index in [-0.39, 0.29) is 5.95 Å².